The number of hydrogen-bond acceptors (Lipinski definition) is 8. The molecule has 38 heavy (non-hydrogen) atoms. The minimum absolute atomic E-state index is 0.180. The summed E-state index contributed by atoms with van der Waals surface area (Å²) in [6, 6.07) is 9.79. The zero-order valence-corrected chi connectivity index (χ0v) is 24.8. The molecule has 4 rings (SSSR count). The molecule has 0 spiro atoms. The summed E-state index contributed by atoms with van der Waals surface area (Å²) in [5, 5.41) is 0.417. The third kappa shape index (κ3) is 5.57. The van der Waals surface area contributed by atoms with E-state index in [0.717, 1.165) is 0 Å². The van der Waals surface area contributed by atoms with Crippen LogP contribution in [0.3, 0.4) is 0 Å². The predicted molar refractivity (Wildman–Crippen MR) is 153 cm³/mol. The van der Waals surface area contributed by atoms with Crippen molar-refractivity contribution in [1.29, 1.82) is 0 Å². The van der Waals surface area contributed by atoms with Crippen LogP contribution in [-0.2, 0) is 14.3 Å². The van der Waals surface area contributed by atoms with Gasteiger partial charge in [0.1, 0.15) is 6.04 Å². The third-order valence-corrected chi connectivity index (χ3v) is 7.72. The van der Waals surface area contributed by atoms with Crippen LogP contribution in [0.2, 0.25) is 5.02 Å². The topological polar surface area (TPSA) is 96.2 Å². The summed E-state index contributed by atoms with van der Waals surface area (Å²) in [5.41, 5.74) is 1.66. The highest BCUT2D eigenvalue weighted by atomic mass is 127. The van der Waals surface area contributed by atoms with E-state index in [-0.39, 0.29) is 17.7 Å². The first-order chi connectivity index (χ1) is 18.2. The van der Waals surface area contributed by atoms with Gasteiger partial charge in [-0.3, -0.25) is 14.2 Å². The highest BCUT2D eigenvalue weighted by Gasteiger charge is 2.34. The number of aromatic nitrogens is 1. The second kappa shape index (κ2) is 11.8. The summed E-state index contributed by atoms with van der Waals surface area (Å²) in [6.07, 6.45) is 1.72. The molecule has 1 aliphatic heterocycles. The van der Waals surface area contributed by atoms with Crippen LogP contribution < -0.4 is 24.4 Å². The number of allylic oxidation sites excluding steroid dienone is 1. The molecular weight excluding hydrogens is 643 g/mol. The zero-order valence-electron chi connectivity index (χ0n) is 21.0. The van der Waals surface area contributed by atoms with Gasteiger partial charge >= 0.3 is 11.9 Å². The highest BCUT2D eigenvalue weighted by molar-refractivity contribution is 14.1. The van der Waals surface area contributed by atoms with Crippen molar-refractivity contribution in [3.63, 3.8) is 0 Å². The maximum Gasteiger partial charge on any atom is 0.338 e. The van der Waals surface area contributed by atoms with Gasteiger partial charge in [-0.05, 0) is 78.8 Å². The monoisotopic (exact) mass is 666 g/mol. The molecule has 1 atom stereocenters. The van der Waals surface area contributed by atoms with Crippen molar-refractivity contribution in [2.24, 2.45) is 4.99 Å². The Balaban J connectivity index is 1.93. The molecule has 0 fully saturated rings. The number of ether oxygens (including phenoxy) is 3. The molecule has 0 saturated carbocycles. The first-order valence-electron chi connectivity index (χ1n) is 11.7. The van der Waals surface area contributed by atoms with Gasteiger partial charge in [0.05, 0.1) is 32.6 Å². The number of carbonyl (C=O) groups is 2. The Morgan fingerprint density at radius 3 is 2.61 bits per heavy atom. The van der Waals surface area contributed by atoms with Gasteiger partial charge in [0, 0.05) is 11.9 Å². The van der Waals surface area contributed by atoms with Gasteiger partial charge in [0.25, 0.3) is 5.56 Å². The molecule has 0 bridgehead atoms. The van der Waals surface area contributed by atoms with Crippen molar-refractivity contribution in [2.75, 3.05) is 13.2 Å². The summed E-state index contributed by atoms with van der Waals surface area (Å²) < 4.78 is 18.9. The lowest BCUT2D eigenvalue weighted by Gasteiger charge is -2.25. The van der Waals surface area contributed by atoms with Crippen molar-refractivity contribution < 1.29 is 23.8 Å². The number of halogens is 2. The summed E-state index contributed by atoms with van der Waals surface area (Å²) in [7, 11) is 0. The van der Waals surface area contributed by atoms with Gasteiger partial charge in [-0.2, -0.15) is 0 Å². The van der Waals surface area contributed by atoms with Crippen LogP contribution in [0.25, 0.3) is 6.08 Å². The second-order valence-corrected chi connectivity index (χ2v) is 10.8. The molecule has 0 unspecified atom stereocenters. The summed E-state index contributed by atoms with van der Waals surface area (Å²) >= 11 is 9.81. The molecule has 0 N–H and O–H groups in total. The van der Waals surface area contributed by atoms with Gasteiger partial charge in [-0.1, -0.05) is 41.1 Å². The standard InChI is InChI=1S/C27H24ClIN2O6S/c1-5-35-20-12-16(11-19(29)24(20)37-15(4)32)13-21-25(33)31-23(17-9-7-8-10-18(17)28)22(26(34)36-6-2)14(3)30-27(31)38-21/h7-13,23H,5-6H2,1-4H3/b21-13-/t23-/m0/s1. The number of thiazole rings is 1. The lowest BCUT2D eigenvalue weighted by atomic mass is 9.96. The van der Waals surface area contributed by atoms with E-state index in [9.17, 15) is 14.4 Å². The van der Waals surface area contributed by atoms with Crippen LogP contribution >= 0.6 is 45.5 Å². The Morgan fingerprint density at radius 1 is 1.21 bits per heavy atom. The quantitative estimate of drug-likeness (QED) is 0.211. The van der Waals surface area contributed by atoms with Crippen molar-refractivity contribution in [2.45, 2.75) is 33.7 Å². The Morgan fingerprint density at radius 2 is 1.95 bits per heavy atom. The SMILES string of the molecule is CCOC(=O)C1=C(C)N=c2s/c(=C\c3cc(I)c(OC(C)=O)c(OCC)c3)c(=O)n2[C@H]1c1ccccc1Cl. The average molecular weight is 667 g/mol. The maximum absolute atomic E-state index is 13.8. The number of benzene rings is 2. The number of esters is 2. The Kier molecular flexibility index (Phi) is 8.74. The fraction of sp³-hybridized carbons (Fsp3) is 0.259. The Labute approximate surface area is 241 Å². The third-order valence-electron chi connectivity index (χ3n) is 5.59. The number of carbonyl (C=O) groups excluding carboxylic acids is 2. The highest BCUT2D eigenvalue weighted by Crippen LogP contribution is 2.36. The van der Waals surface area contributed by atoms with Crippen LogP contribution in [0.4, 0.5) is 0 Å². The number of hydrogen-bond donors (Lipinski definition) is 0. The van der Waals surface area contributed by atoms with Gasteiger partial charge in [0.15, 0.2) is 16.3 Å². The lowest BCUT2D eigenvalue weighted by molar-refractivity contribution is -0.139. The predicted octanol–water partition coefficient (Wildman–Crippen LogP) is 4.38. The Hall–Kier alpha value is -2.96. The van der Waals surface area contributed by atoms with Crippen molar-refractivity contribution in [3.05, 3.63) is 87.1 Å². The van der Waals surface area contributed by atoms with Gasteiger partial charge in [-0.25, -0.2) is 9.79 Å². The minimum Gasteiger partial charge on any atom is -0.490 e. The van der Waals surface area contributed by atoms with Crippen LogP contribution in [-0.4, -0.2) is 29.7 Å². The van der Waals surface area contributed by atoms with Crippen LogP contribution in [0.5, 0.6) is 11.5 Å². The second-order valence-electron chi connectivity index (χ2n) is 8.18. The van der Waals surface area contributed by atoms with Crippen molar-refractivity contribution in [3.8, 4) is 11.5 Å². The first kappa shape index (κ1) is 28.1. The largest absolute Gasteiger partial charge is 0.490 e. The molecule has 198 valence electrons. The molecule has 0 aliphatic carbocycles. The molecule has 1 aliphatic rings. The van der Waals surface area contributed by atoms with Crippen molar-refractivity contribution in [1.82, 2.24) is 4.57 Å². The Bertz CT molecular complexity index is 1640. The van der Waals surface area contributed by atoms with E-state index >= 15 is 0 Å². The zero-order chi connectivity index (χ0) is 27.6. The lowest BCUT2D eigenvalue weighted by Crippen LogP contribution is -2.40. The van der Waals surface area contributed by atoms with E-state index in [1.54, 1.807) is 56.3 Å². The molecule has 8 nitrogen and oxygen atoms in total. The molecule has 0 amide bonds. The molecule has 11 heteroatoms. The van der Waals surface area contributed by atoms with E-state index < -0.39 is 18.0 Å². The van der Waals surface area contributed by atoms with Gasteiger partial charge in [-0.15, -0.1) is 0 Å². The van der Waals surface area contributed by atoms with Crippen molar-refractivity contribution >= 4 is 63.5 Å². The van der Waals surface area contributed by atoms with Gasteiger partial charge < -0.3 is 14.2 Å². The number of rotatable bonds is 7. The normalized spacial score (nSPS) is 15.1. The smallest absolute Gasteiger partial charge is 0.338 e. The van der Waals surface area contributed by atoms with E-state index in [2.05, 4.69) is 27.6 Å². The molecule has 1 aromatic heterocycles. The molecule has 0 saturated heterocycles. The molecular formula is C27H24ClIN2O6S. The minimum atomic E-state index is -0.799. The van der Waals surface area contributed by atoms with E-state index in [0.29, 0.717) is 52.9 Å². The maximum atomic E-state index is 13.8. The fourth-order valence-corrected chi connectivity index (χ4v) is 6.13. The van der Waals surface area contributed by atoms with E-state index in [4.69, 9.17) is 25.8 Å². The van der Waals surface area contributed by atoms with Crippen LogP contribution in [0.1, 0.15) is 44.9 Å². The molecule has 2 aromatic carbocycles. The average Bonchev–Trinajstić information content (AvgIpc) is 3.15. The number of fused-ring (bicyclic) bond motifs is 1. The molecule has 2 heterocycles. The summed E-state index contributed by atoms with van der Waals surface area (Å²) in [6.45, 7) is 7.13. The molecule has 0 radical (unpaired) electrons. The molecule has 3 aromatic rings. The fourth-order valence-electron chi connectivity index (χ4n) is 4.11. The van der Waals surface area contributed by atoms with E-state index in [1.807, 2.05) is 6.92 Å². The van der Waals surface area contributed by atoms with E-state index in [1.165, 1.54) is 22.8 Å². The number of nitrogens with zero attached hydrogens (tertiary/aromatic N) is 2. The van der Waals surface area contributed by atoms with Crippen LogP contribution in [0, 0.1) is 3.57 Å². The van der Waals surface area contributed by atoms with Gasteiger partial charge in [0.2, 0.25) is 0 Å². The summed E-state index contributed by atoms with van der Waals surface area (Å²) in [4.78, 5) is 43.4. The first-order valence-corrected chi connectivity index (χ1v) is 14.0. The summed E-state index contributed by atoms with van der Waals surface area (Å²) in [5.74, 6) is -0.294. The van der Waals surface area contributed by atoms with Crippen LogP contribution in [0.15, 0.2) is 57.5 Å².